The molecule has 9 heteroatoms. The topological polar surface area (TPSA) is 140 Å². The van der Waals surface area contributed by atoms with Crippen molar-refractivity contribution in [3.8, 4) is 5.75 Å². The van der Waals surface area contributed by atoms with Crippen LogP contribution in [0, 0.1) is 0 Å². The van der Waals surface area contributed by atoms with Gasteiger partial charge in [0.25, 0.3) is 0 Å². The van der Waals surface area contributed by atoms with E-state index in [-0.39, 0.29) is 11.3 Å². The lowest BCUT2D eigenvalue weighted by Gasteiger charge is -2.10. The van der Waals surface area contributed by atoms with Crippen LogP contribution in [-0.4, -0.2) is 29.4 Å². The maximum absolute atomic E-state index is 12.4. The zero-order chi connectivity index (χ0) is 23.8. The molecule has 0 spiro atoms. The molecule has 3 amide bonds. The van der Waals surface area contributed by atoms with Gasteiger partial charge in [0.15, 0.2) is 0 Å². The number of rotatable bonds is 6. The Kier molecular flexibility index (Phi) is 7.28. The second kappa shape index (κ2) is 10.5. The number of hydrazone groups is 1. The Bertz CT molecular complexity index is 1220. The summed E-state index contributed by atoms with van der Waals surface area (Å²) in [7, 11) is 0. The van der Waals surface area contributed by atoms with Crippen molar-refractivity contribution in [2.45, 2.75) is 6.92 Å². The van der Waals surface area contributed by atoms with Crippen LogP contribution < -0.4 is 21.2 Å². The second-order valence-electron chi connectivity index (χ2n) is 6.79. The van der Waals surface area contributed by atoms with E-state index < -0.39 is 23.7 Å². The first kappa shape index (κ1) is 22.9. The fourth-order valence-corrected chi connectivity index (χ4v) is 2.74. The van der Waals surface area contributed by atoms with Gasteiger partial charge in [0, 0.05) is 16.8 Å². The molecule has 0 saturated carbocycles. The molecule has 9 nitrogen and oxygen atoms in total. The summed E-state index contributed by atoms with van der Waals surface area (Å²) in [5.41, 5.74) is 9.07. The molecule has 3 rings (SSSR count). The first-order valence-corrected chi connectivity index (χ1v) is 9.77. The van der Waals surface area contributed by atoms with E-state index in [1.165, 1.54) is 24.3 Å². The quantitative estimate of drug-likeness (QED) is 0.176. The summed E-state index contributed by atoms with van der Waals surface area (Å²) in [5.74, 6) is -2.86. The summed E-state index contributed by atoms with van der Waals surface area (Å²) < 4.78 is 5.47. The first-order valence-electron chi connectivity index (χ1n) is 9.77. The number of nitrogens with zero attached hydrogens (tertiary/aromatic N) is 1. The lowest BCUT2D eigenvalue weighted by molar-refractivity contribution is -0.136. The van der Waals surface area contributed by atoms with Gasteiger partial charge in [-0.2, -0.15) is 5.10 Å². The average Bonchev–Trinajstić information content (AvgIpc) is 2.83. The predicted octanol–water partition coefficient (Wildman–Crippen LogP) is 2.48. The molecule has 3 aromatic rings. The fraction of sp³-hybridized carbons (Fsp3) is 0.0417. The Morgan fingerprint density at radius 1 is 0.788 bits per heavy atom. The predicted molar refractivity (Wildman–Crippen MR) is 122 cm³/mol. The van der Waals surface area contributed by atoms with Crippen LogP contribution in [0.4, 0.5) is 5.69 Å². The third-order valence-electron chi connectivity index (χ3n) is 4.45. The number of nitrogens with one attached hydrogen (secondary N) is 2. The number of para-hydroxylation sites is 1. The van der Waals surface area contributed by atoms with Crippen molar-refractivity contribution in [2.75, 3.05) is 5.32 Å². The largest absolute Gasteiger partial charge is 0.422 e. The third kappa shape index (κ3) is 6.11. The Morgan fingerprint density at radius 3 is 2.09 bits per heavy atom. The van der Waals surface area contributed by atoms with Crippen molar-refractivity contribution in [3.63, 3.8) is 0 Å². The van der Waals surface area contributed by atoms with E-state index in [0.717, 1.165) is 0 Å². The van der Waals surface area contributed by atoms with Gasteiger partial charge in [-0.25, -0.2) is 10.2 Å². The lowest BCUT2D eigenvalue weighted by Crippen LogP contribution is -2.33. The SMILES string of the molecule is C/C(=N\NC(=O)C(=O)Nc1ccc(C(N)=O)cc1)c1ccccc1OC(=O)c1ccccc1. The van der Waals surface area contributed by atoms with Crippen LogP contribution >= 0.6 is 0 Å². The monoisotopic (exact) mass is 444 g/mol. The second-order valence-corrected chi connectivity index (χ2v) is 6.79. The van der Waals surface area contributed by atoms with Crippen LogP contribution in [0.25, 0.3) is 0 Å². The number of hydrogen-bond donors (Lipinski definition) is 3. The Hall–Kier alpha value is -4.79. The molecular weight excluding hydrogens is 424 g/mol. The molecule has 0 heterocycles. The van der Waals surface area contributed by atoms with Crippen molar-refractivity contribution in [3.05, 3.63) is 95.6 Å². The minimum Gasteiger partial charge on any atom is -0.422 e. The average molecular weight is 444 g/mol. The number of hydrogen-bond acceptors (Lipinski definition) is 6. The summed E-state index contributed by atoms with van der Waals surface area (Å²) in [6, 6.07) is 20.9. The van der Waals surface area contributed by atoms with Crippen LogP contribution in [-0.2, 0) is 9.59 Å². The zero-order valence-electron chi connectivity index (χ0n) is 17.6. The molecule has 4 N–H and O–H groups in total. The van der Waals surface area contributed by atoms with E-state index in [0.29, 0.717) is 22.5 Å². The van der Waals surface area contributed by atoms with Gasteiger partial charge in [-0.15, -0.1) is 0 Å². The molecule has 33 heavy (non-hydrogen) atoms. The number of ether oxygens (including phenoxy) is 1. The van der Waals surface area contributed by atoms with Crippen molar-refractivity contribution in [1.29, 1.82) is 0 Å². The highest BCUT2D eigenvalue weighted by Gasteiger charge is 2.16. The van der Waals surface area contributed by atoms with Gasteiger partial charge in [0.1, 0.15) is 5.75 Å². The standard InChI is InChI=1S/C24H20N4O5/c1-15(19-9-5-6-10-20(19)33-24(32)17-7-3-2-4-8-17)27-28-23(31)22(30)26-18-13-11-16(12-14-18)21(25)29/h2-14H,1H3,(H2,25,29)(H,26,30)(H,28,31)/b27-15+. The Morgan fingerprint density at radius 2 is 1.42 bits per heavy atom. The van der Waals surface area contributed by atoms with E-state index in [9.17, 15) is 19.2 Å². The van der Waals surface area contributed by atoms with Crippen LogP contribution in [0.2, 0.25) is 0 Å². The Labute approximate surface area is 189 Å². The summed E-state index contributed by atoms with van der Waals surface area (Å²) in [4.78, 5) is 47.7. The van der Waals surface area contributed by atoms with Crippen molar-refractivity contribution in [1.82, 2.24) is 5.43 Å². The molecule has 0 aliphatic carbocycles. The number of carbonyl (C=O) groups excluding carboxylic acids is 4. The minimum absolute atomic E-state index is 0.251. The normalized spacial score (nSPS) is 10.8. The number of primary amides is 1. The molecule has 0 aliphatic rings. The van der Waals surface area contributed by atoms with Crippen molar-refractivity contribution in [2.24, 2.45) is 10.8 Å². The fourth-order valence-electron chi connectivity index (χ4n) is 2.74. The molecule has 0 fully saturated rings. The number of amides is 3. The first-order chi connectivity index (χ1) is 15.8. The summed E-state index contributed by atoms with van der Waals surface area (Å²) in [5, 5.41) is 6.32. The highest BCUT2D eigenvalue weighted by molar-refractivity contribution is 6.39. The summed E-state index contributed by atoms with van der Waals surface area (Å²) >= 11 is 0. The summed E-state index contributed by atoms with van der Waals surface area (Å²) in [6.07, 6.45) is 0. The van der Waals surface area contributed by atoms with E-state index in [2.05, 4.69) is 15.8 Å². The molecule has 0 atom stereocenters. The van der Waals surface area contributed by atoms with E-state index in [1.807, 2.05) is 0 Å². The van der Waals surface area contributed by atoms with Crippen molar-refractivity contribution < 1.29 is 23.9 Å². The van der Waals surface area contributed by atoms with Crippen LogP contribution in [0.3, 0.4) is 0 Å². The van der Waals surface area contributed by atoms with Crippen LogP contribution in [0.15, 0.2) is 84.0 Å². The van der Waals surface area contributed by atoms with Gasteiger partial charge in [-0.05, 0) is 55.5 Å². The molecule has 0 radical (unpaired) electrons. The molecular formula is C24H20N4O5. The smallest absolute Gasteiger partial charge is 0.343 e. The van der Waals surface area contributed by atoms with Crippen LogP contribution in [0.1, 0.15) is 33.2 Å². The van der Waals surface area contributed by atoms with Gasteiger partial charge in [-0.3, -0.25) is 14.4 Å². The van der Waals surface area contributed by atoms with E-state index in [4.69, 9.17) is 10.5 Å². The van der Waals surface area contributed by atoms with Gasteiger partial charge in [0.05, 0.1) is 11.3 Å². The van der Waals surface area contributed by atoms with E-state index in [1.54, 1.807) is 61.5 Å². The maximum atomic E-state index is 12.4. The molecule has 0 saturated heterocycles. The summed E-state index contributed by atoms with van der Waals surface area (Å²) in [6.45, 7) is 1.59. The van der Waals surface area contributed by atoms with Gasteiger partial charge in [0.2, 0.25) is 5.91 Å². The molecule has 0 aromatic heterocycles. The lowest BCUT2D eigenvalue weighted by atomic mass is 10.1. The molecule has 0 unspecified atom stereocenters. The molecule has 3 aromatic carbocycles. The van der Waals surface area contributed by atoms with Crippen molar-refractivity contribution >= 4 is 35.1 Å². The van der Waals surface area contributed by atoms with E-state index >= 15 is 0 Å². The van der Waals surface area contributed by atoms with Gasteiger partial charge in [-0.1, -0.05) is 30.3 Å². The van der Waals surface area contributed by atoms with Crippen LogP contribution in [0.5, 0.6) is 5.75 Å². The molecule has 166 valence electrons. The number of nitrogens with two attached hydrogens (primary N) is 1. The number of anilines is 1. The van der Waals surface area contributed by atoms with Gasteiger partial charge >= 0.3 is 17.8 Å². The Balaban J connectivity index is 1.65. The number of benzene rings is 3. The highest BCUT2D eigenvalue weighted by atomic mass is 16.5. The van der Waals surface area contributed by atoms with Gasteiger partial charge < -0.3 is 15.8 Å². The molecule has 0 aliphatic heterocycles. The highest BCUT2D eigenvalue weighted by Crippen LogP contribution is 2.20. The molecule has 0 bridgehead atoms. The maximum Gasteiger partial charge on any atom is 0.343 e. The number of esters is 1. The number of carbonyl (C=O) groups is 4. The zero-order valence-corrected chi connectivity index (χ0v) is 17.6. The minimum atomic E-state index is -1.01. The third-order valence-corrected chi connectivity index (χ3v) is 4.45.